The van der Waals surface area contributed by atoms with Crippen LogP contribution in [0.3, 0.4) is 0 Å². The van der Waals surface area contributed by atoms with Gasteiger partial charge in [0.05, 0.1) is 0 Å². The first-order chi connectivity index (χ1) is 10.1. The Balaban J connectivity index is 0.000000154. The molecule has 0 amide bonds. The summed E-state index contributed by atoms with van der Waals surface area (Å²) in [6.07, 6.45) is 4.04. The summed E-state index contributed by atoms with van der Waals surface area (Å²) in [4.78, 5) is 5.09. The lowest BCUT2D eigenvalue weighted by molar-refractivity contribution is -0.171. The van der Waals surface area contributed by atoms with Crippen molar-refractivity contribution < 1.29 is 15.1 Å². The first-order valence-electron chi connectivity index (χ1n) is 6.81. The van der Waals surface area contributed by atoms with Crippen LogP contribution in [0.25, 0.3) is 6.08 Å². The monoisotopic (exact) mass is 285 g/mol. The summed E-state index contributed by atoms with van der Waals surface area (Å²) in [5, 5.41) is 18.7. The van der Waals surface area contributed by atoms with Gasteiger partial charge in [-0.3, -0.25) is 0 Å². The standard InChI is InChI=1S/C9H12O2.C8H7NO/c1-2-9(10,11)8-6-4-3-5-7-8;1-2-4-8-7(3-1)5-6-9-10-8/h3-7,10-11H,2H2,1H3;1-6,9H. The van der Waals surface area contributed by atoms with E-state index < -0.39 is 5.79 Å². The Kier molecular flexibility index (Phi) is 4.98. The quantitative estimate of drug-likeness (QED) is 0.743. The number of rotatable bonds is 2. The number of nitrogens with one attached hydrogen (secondary N) is 1. The van der Waals surface area contributed by atoms with Crippen LogP contribution in [0.2, 0.25) is 0 Å². The summed E-state index contributed by atoms with van der Waals surface area (Å²) < 4.78 is 0. The van der Waals surface area contributed by atoms with E-state index in [4.69, 9.17) is 4.84 Å². The van der Waals surface area contributed by atoms with E-state index in [1.54, 1.807) is 37.4 Å². The molecule has 0 bridgehead atoms. The zero-order valence-electron chi connectivity index (χ0n) is 11.9. The maximum Gasteiger partial charge on any atom is 0.189 e. The van der Waals surface area contributed by atoms with Crippen LogP contribution >= 0.6 is 0 Å². The van der Waals surface area contributed by atoms with Crippen LogP contribution in [-0.4, -0.2) is 10.2 Å². The Morgan fingerprint density at radius 3 is 2.33 bits per heavy atom. The predicted molar refractivity (Wildman–Crippen MR) is 82.1 cm³/mol. The largest absolute Gasteiger partial charge is 0.382 e. The van der Waals surface area contributed by atoms with Gasteiger partial charge in [0, 0.05) is 23.7 Å². The minimum Gasteiger partial charge on any atom is -0.382 e. The molecule has 0 aromatic heterocycles. The van der Waals surface area contributed by atoms with E-state index in [0.29, 0.717) is 12.0 Å². The van der Waals surface area contributed by atoms with Gasteiger partial charge in [-0.1, -0.05) is 55.5 Å². The number of para-hydroxylation sites is 1. The minimum absolute atomic E-state index is 0.303. The molecule has 4 heteroatoms. The molecule has 2 aromatic carbocycles. The van der Waals surface area contributed by atoms with E-state index in [-0.39, 0.29) is 0 Å². The Labute approximate surface area is 124 Å². The van der Waals surface area contributed by atoms with Crippen LogP contribution < -0.4 is 10.3 Å². The lowest BCUT2D eigenvalue weighted by Crippen LogP contribution is -2.23. The van der Waals surface area contributed by atoms with Crippen molar-refractivity contribution in [3.8, 4) is 5.75 Å². The molecular weight excluding hydrogens is 266 g/mol. The van der Waals surface area contributed by atoms with E-state index >= 15 is 0 Å². The van der Waals surface area contributed by atoms with Crippen molar-refractivity contribution in [1.82, 2.24) is 5.48 Å². The normalized spacial score (nSPS) is 12.3. The summed E-state index contributed by atoms with van der Waals surface area (Å²) in [5.74, 6) is -0.786. The van der Waals surface area contributed by atoms with Gasteiger partial charge in [-0.25, -0.2) is 5.48 Å². The van der Waals surface area contributed by atoms with Crippen LogP contribution in [0.1, 0.15) is 24.5 Å². The maximum absolute atomic E-state index is 9.35. The Hall–Kier alpha value is -2.30. The molecule has 110 valence electrons. The SMILES string of the molecule is C1=Cc2ccccc2ON1.CCC(O)(O)c1ccccc1. The van der Waals surface area contributed by atoms with Crippen LogP contribution in [0, 0.1) is 0 Å². The van der Waals surface area contributed by atoms with Crippen molar-refractivity contribution in [1.29, 1.82) is 0 Å². The highest BCUT2D eigenvalue weighted by atomic mass is 16.6. The van der Waals surface area contributed by atoms with Crippen molar-refractivity contribution in [3.63, 3.8) is 0 Å². The van der Waals surface area contributed by atoms with Gasteiger partial charge < -0.3 is 15.1 Å². The van der Waals surface area contributed by atoms with E-state index in [1.807, 2.05) is 36.4 Å². The summed E-state index contributed by atoms with van der Waals surface area (Å²) >= 11 is 0. The maximum atomic E-state index is 9.35. The highest BCUT2D eigenvalue weighted by molar-refractivity contribution is 5.57. The predicted octanol–water partition coefficient (Wildman–Crippen LogP) is 2.79. The molecule has 0 aliphatic carbocycles. The third kappa shape index (κ3) is 4.08. The Morgan fingerprint density at radius 2 is 1.67 bits per heavy atom. The van der Waals surface area contributed by atoms with E-state index in [1.165, 1.54) is 0 Å². The van der Waals surface area contributed by atoms with Crippen LogP contribution in [-0.2, 0) is 5.79 Å². The van der Waals surface area contributed by atoms with Crippen molar-refractivity contribution in [2.75, 3.05) is 0 Å². The summed E-state index contributed by atoms with van der Waals surface area (Å²) in [7, 11) is 0. The van der Waals surface area contributed by atoms with Crippen LogP contribution in [0.5, 0.6) is 5.75 Å². The van der Waals surface area contributed by atoms with Gasteiger partial charge in [0.2, 0.25) is 0 Å². The second-order valence-electron chi connectivity index (χ2n) is 4.63. The summed E-state index contributed by atoms with van der Waals surface area (Å²) in [6.45, 7) is 1.73. The summed E-state index contributed by atoms with van der Waals surface area (Å²) in [6, 6.07) is 16.7. The molecule has 21 heavy (non-hydrogen) atoms. The number of hydrogen-bond acceptors (Lipinski definition) is 4. The fourth-order valence-electron chi connectivity index (χ4n) is 1.84. The van der Waals surface area contributed by atoms with Crippen molar-refractivity contribution in [2.45, 2.75) is 19.1 Å². The number of hydrogen-bond donors (Lipinski definition) is 3. The fourth-order valence-corrected chi connectivity index (χ4v) is 1.84. The Morgan fingerprint density at radius 1 is 1.00 bits per heavy atom. The van der Waals surface area contributed by atoms with Crippen molar-refractivity contribution in [3.05, 3.63) is 71.9 Å². The van der Waals surface area contributed by atoms with E-state index in [9.17, 15) is 10.2 Å². The highest BCUT2D eigenvalue weighted by Crippen LogP contribution is 2.20. The second-order valence-corrected chi connectivity index (χ2v) is 4.63. The lowest BCUT2D eigenvalue weighted by Gasteiger charge is -2.19. The molecule has 0 fully saturated rings. The van der Waals surface area contributed by atoms with Gasteiger partial charge in [-0.05, 0) is 12.1 Å². The molecule has 0 spiro atoms. The molecule has 1 aliphatic rings. The van der Waals surface area contributed by atoms with Gasteiger partial charge in [0.1, 0.15) is 0 Å². The first kappa shape index (κ1) is 15.1. The second kappa shape index (κ2) is 6.92. The van der Waals surface area contributed by atoms with Gasteiger partial charge in [0.15, 0.2) is 11.5 Å². The molecule has 0 radical (unpaired) electrons. The van der Waals surface area contributed by atoms with Gasteiger partial charge in [0.25, 0.3) is 0 Å². The van der Waals surface area contributed by atoms with Gasteiger partial charge in [-0.2, -0.15) is 0 Å². The molecule has 0 unspecified atom stereocenters. The molecule has 0 saturated carbocycles. The highest BCUT2D eigenvalue weighted by Gasteiger charge is 2.21. The molecule has 3 N–H and O–H groups in total. The Bertz CT molecular complexity index is 594. The third-order valence-electron chi connectivity index (χ3n) is 3.15. The van der Waals surface area contributed by atoms with Crippen molar-refractivity contribution >= 4 is 6.08 Å². The average Bonchev–Trinajstić information content (AvgIpc) is 2.56. The van der Waals surface area contributed by atoms with Crippen LogP contribution in [0.4, 0.5) is 0 Å². The van der Waals surface area contributed by atoms with E-state index in [0.717, 1.165) is 11.3 Å². The number of fused-ring (bicyclic) bond motifs is 1. The van der Waals surface area contributed by atoms with Crippen molar-refractivity contribution in [2.24, 2.45) is 0 Å². The fraction of sp³-hybridized carbons (Fsp3) is 0.176. The molecule has 2 aromatic rings. The minimum atomic E-state index is -1.67. The zero-order valence-corrected chi connectivity index (χ0v) is 11.9. The number of hydroxylamine groups is 1. The molecule has 3 rings (SSSR count). The smallest absolute Gasteiger partial charge is 0.189 e. The molecule has 1 aliphatic heterocycles. The zero-order chi connectivity index (χ0) is 15.1. The number of aliphatic hydroxyl groups is 2. The van der Waals surface area contributed by atoms with Gasteiger partial charge in [-0.15, -0.1) is 0 Å². The topological polar surface area (TPSA) is 61.7 Å². The lowest BCUT2D eigenvalue weighted by atomic mass is 10.0. The van der Waals surface area contributed by atoms with E-state index in [2.05, 4.69) is 5.48 Å². The third-order valence-corrected chi connectivity index (χ3v) is 3.15. The molecule has 4 nitrogen and oxygen atoms in total. The molecule has 0 atom stereocenters. The number of benzene rings is 2. The van der Waals surface area contributed by atoms with Crippen LogP contribution in [0.15, 0.2) is 60.8 Å². The first-order valence-corrected chi connectivity index (χ1v) is 6.81. The summed E-state index contributed by atoms with van der Waals surface area (Å²) in [5.41, 5.74) is 4.32. The molecule has 0 saturated heterocycles. The average molecular weight is 285 g/mol. The molecule has 1 heterocycles. The molecular formula is C17H19NO3. The van der Waals surface area contributed by atoms with Gasteiger partial charge >= 0.3 is 0 Å².